The zero-order valence-electron chi connectivity index (χ0n) is 11.7. The zero-order valence-corrected chi connectivity index (χ0v) is 11.7. The topological polar surface area (TPSA) is 29.9 Å². The van der Waals surface area contributed by atoms with Crippen molar-refractivity contribution in [3.8, 4) is 0 Å². The van der Waals surface area contributed by atoms with Crippen LogP contribution in [-0.2, 0) is 13.5 Å². The molecule has 0 radical (unpaired) electrons. The van der Waals surface area contributed by atoms with Gasteiger partial charge in [0.05, 0.1) is 5.69 Å². The van der Waals surface area contributed by atoms with Crippen molar-refractivity contribution in [2.24, 2.45) is 18.4 Å². The summed E-state index contributed by atoms with van der Waals surface area (Å²) in [5, 5.41) is 8.07. The van der Waals surface area contributed by atoms with E-state index in [1.807, 2.05) is 11.7 Å². The molecule has 0 amide bonds. The van der Waals surface area contributed by atoms with Gasteiger partial charge in [0.25, 0.3) is 0 Å². The summed E-state index contributed by atoms with van der Waals surface area (Å²) in [6, 6.07) is 2.81. The lowest BCUT2D eigenvalue weighted by molar-refractivity contribution is 0.402. The molecule has 3 nitrogen and oxygen atoms in total. The maximum Gasteiger partial charge on any atom is 0.0596 e. The molecule has 0 bridgehead atoms. The predicted molar refractivity (Wildman–Crippen MR) is 71.0 cm³/mol. The van der Waals surface area contributed by atoms with Crippen LogP contribution in [0, 0.1) is 18.3 Å². The highest BCUT2D eigenvalue weighted by Crippen LogP contribution is 2.54. The molecule has 0 aromatic carbocycles. The number of likely N-dealkylation sites (N-methyl/N-ethyl adjacent to an activating group) is 1. The summed E-state index contributed by atoms with van der Waals surface area (Å²) in [6.07, 6.45) is 2.45. The molecule has 2 rings (SSSR count). The van der Waals surface area contributed by atoms with Gasteiger partial charge < -0.3 is 5.32 Å². The smallest absolute Gasteiger partial charge is 0.0596 e. The maximum atomic E-state index is 4.43. The Balaban J connectivity index is 2.06. The molecule has 0 spiro atoms. The van der Waals surface area contributed by atoms with Crippen LogP contribution in [0.5, 0.6) is 0 Å². The highest BCUT2D eigenvalue weighted by atomic mass is 15.3. The van der Waals surface area contributed by atoms with E-state index in [2.05, 4.69) is 44.2 Å². The Morgan fingerprint density at radius 1 is 1.59 bits per heavy atom. The minimum absolute atomic E-state index is 0.528. The first-order valence-electron chi connectivity index (χ1n) is 6.67. The third-order valence-corrected chi connectivity index (χ3v) is 4.07. The molecule has 0 aliphatic heterocycles. The second-order valence-corrected chi connectivity index (χ2v) is 6.07. The van der Waals surface area contributed by atoms with E-state index < -0.39 is 0 Å². The Bertz CT molecular complexity index is 392. The number of hydrogen-bond acceptors (Lipinski definition) is 2. The summed E-state index contributed by atoms with van der Waals surface area (Å²) in [6.45, 7) is 10.0. The van der Waals surface area contributed by atoms with Crippen LogP contribution in [0.2, 0.25) is 0 Å². The molecule has 96 valence electrons. The van der Waals surface area contributed by atoms with Crippen LogP contribution in [0.25, 0.3) is 0 Å². The third kappa shape index (κ3) is 2.71. The molecule has 3 heteroatoms. The molecule has 1 N–H and O–H groups in total. The van der Waals surface area contributed by atoms with E-state index in [1.54, 1.807) is 0 Å². The van der Waals surface area contributed by atoms with Crippen molar-refractivity contribution in [2.75, 3.05) is 6.54 Å². The van der Waals surface area contributed by atoms with Gasteiger partial charge in [0, 0.05) is 25.2 Å². The van der Waals surface area contributed by atoms with Gasteiger partial charge in [0.2, 0.25) is 0 Å². The molecule has 0 saturated heterocycles. The molecular weight excluding hydrogens is 210 g/mol. The Morgan fingerprint density at radius 3 is 2.65 bits per heavy atom. The fourth-order valence-corrected chi connectivity index (χ4v) is 2.89. The van der Waals surface area contributed by atoms with Gasteiger partial charge in [-0.25, -0.2) is 0 Å². The van der Waals surface area contributed by atoms with Gasteiger partial charge in [-0.05, 0) is 37.3 Å². The first-order valence-corrected chi connectivity index (χ1v) is 6.67. The molecule has 2 unspecified atom stereocenters. The molecule has 1 aliphatic rings. The second-order valence-electron chi connectivity index (χ2n) is 6.07. The third-order valence-electron chi connectivity index (χ3n) is 4.07. The van der Waals surface area contributed by atoms with Crippen LogP contribution in [-0.4, -0.2) is 22.4 Å². The van der Waals surface area contributed by atoms with Crippen molar-refractivity contribution in [1.29, 1.82) is 0 Å². The van der Waals surface area contributed by atoms with Crippen molar-refractivity contribution in [2.45, 2.75) is 46.6 Å². The number of rotatable bonds is 5. The monoisotopic (exact) mass is 235 g/mol. The standard InChI is InChI=1S/C14H25N3/c1-6-15-13(12-9-14(12,3)4)8-11-7-10(2)16-17(11)5/h7,12-13,15H,6,8-9H2,1-5H3. The van der Waals surface area contributed by atoms with Crippen molar-refractivity contribution in [3.05, 3.63) is 17.5 Å². The first kappa shape index (κ1) is 12.6. The van der Waals surface area contributed by atoms with E-state index in [0.29, 0.717) is 11.5 Å². The quantitative estimate of drug-likeness (QED) is 0.848. The van der Waals surface area contributed by atoms with Crippen molar-refractivity contribution < 1.29 is 0 Å². The van der Waals surface area contributed by atoms with Gasteiger partial charge >= 0.3 is 0 Å². The van der Waals surface area contributed by atoms with Crippen LogP contribution >= 0.6 is 0 Å². The average Bonchev–Trinajstić information content (AvgIpc) is 2.73. The number of nitrogens with one attached hydrogen (secondary N) is 1. The summed E-state index contributed by atoms with van der Waals surface area (Å²) in [5.74, 6) is 0.817. The van der Waals surface area contributed by atoms with Crippen LogP contribution in [0.15, 0.2) is 6.07 Å². The molecule has 1 heterocycles. The van der Waals surface area contributed by atoms with E-state index >= 15 is 0 Å². The van der Waals surface area contributed by atoms with Crippen LogP contribution in [0.1, 0.15) is 38.6 Å². The molecule has 1 aromatic heterocycles. The van der Waals surface area contributed by atoms with E-state index in [-0.39, 0.29) is 0 Å². The summed E-state index contributed by atoms with van der Waals surface area (Å²) >= 11 is 0. The minimum Gasteiger partial charge on any atom is -0.314 e. The van der Waals surface area contributed by atoms with E-state index in [9.17, 15) is 0 Å². The summed E-state index contributed by atoms with van der Waals surface area (Å²) in [5.41, 5.74) is 2.99. The molecule has 1 saturated carbocycles. The molecule has 2 atom stereocenters. The fraction of sp³-hybridized carbons (Fsp3) is 0.786. The Labute approximate surface area is 105 Å². The number of aromatic nitrogens is 2. The Hall–Kier alpha value is -0.830. The van der Waals surface area contributed by atoms with Crippen molar-refractivity contribution >= 4 is 0 Å². The zero-order chi connectivity index (χ0) is 12.6. The lowest BCUT2D eigenvalue weighted by Gasteiger charge is -2.19. The Morgan fingerprint density at radius 2 is 2.24 bits per heavy atom. The van der Waals surface area contributed by atoms with Gasteiger partial charge in [-0.15, -0.1) is 0 Å². The number of aryl methyl sites for hydroxylation is 2. The lowest BCUT2D eigenvalue weighted by Crippen LogP contribution is -2.35. The summed E-state index contributed by atoms with van der Waals surface area (Å²) < 4.78 is 2.02. The van der Waals surface area contributed by atoms with Crippen molar-refractivity contribution in [3.63, 3.8) is 0 Å². The van der Waals surface area contributed by atoms with E-state index in [4.69, 9.17) is 0 Å². The van der Waals surface area contributed by atoms with Gasteiger partial charge in [0.15, 0.2) is 0 Å². The molecular formula is C14H25N3. The molecule has 1 fully saturated rings. The summed E-state index contributed by atoms with van der Waals surface area (Å²) in [7, 11) is 2.05. The molecule has 1 aromatic rings. The van der Waals surface area contributed by atoms with Gasteiger partial charge in [0.1, 0.15) is 0 Å². The van der Waals surface area contributed by atoms with E-state index in [0.717, 1.165) is 24.6 Å². The fourth-order valence-electron chi connectivity index (χ4n) is 2.89. The van der Waals surface area contributed by atoms with E-state index in [1.165, 1.54) is 12.1 Å². The first-order chi connectivity index (χ1) is 7.94. The highest BCUT2D eigenvalue weighted by molar-refractivity contribution is 5.13. The van der Waals surface area contributed by atoms with Gasteiger partial charge in [-0.3, -0.25) is 4.68 Å². The highest BCUT2D eigenvalue weighted by Gasteiger charge is 2.49. The average molecular weight is 235 g/mol. The normalized spacial score (nSPS) is 23.7. The SMILES string of the molecule is CCNC(Cc1cc(C)nn1C)C1CC1(C)C. The Kier molecular flexibility index (Phi) is 3.30. The van der Waals surface area contributed by atoms with Crippen LogP contribution in [0.3, 0.4) is 0 Å². The van der Waals surface area contributed by atoms with Gasteiger partial charge in [-0.2, -0.15) is 5.10 Å². The molecule has 17 heavy (non-hydrogen) atoms. The van der Waals surface area contributed by atoms with Gasteiger partial charge in [-0.1, -0.05) is 20.8 Å². The predicted octanol–water partition coefficient (Wildman–Crippen LogP) is 2.30. The van der Waals surface area contributed by atoms with Crippen molar-refractivity contribution in [1.82, 2.24) is 15.1 Å². The second kappa shape index (κ2) is 4.45. The lowest BCUT2D eigenvalue weighted by atomic mass is 9.99. The van der Waals surface area contributed by atoms with Crippen LogP contribution < -0.4 is 5.32 Å². The molecule has 1 aliphatic carbocycles. The minimum atomic E-state index is 0.528. The number of hydrogen-bond donors (Lipinski definition) is 1. The summed E-state index contributed by atoms with van der Waals surface area (Å²) in [4.78, 5) is 0. The maximum absolute atomic E-state index is 4.43. The van der Waals surface area contributed by atoms with Crippen LogP contribution in [0.4, 0.5) is 0 Å². The largest absolute Gasteiger partial charge is 0.314 e. The number of nitrogens with zero attached hydrogens (tertiary/aromatic N) is 2.